The third-order valence-corrected chi connectivity index (χ3v) is 5.24. The SMILES string of the molecule is C#Cc1cccc(N(CC)C(=O)c2ccc(N3CCN(CC)CC3)c(F)c2)c1. The molecule has 28 heavy (non-hydrogen) atoms. The number of carbonyl (C=O) groups excluding carboxylic acids is 1. The molecule has 2 aromatic carbocycles. The van der Waals surface area contributed by atoms with Gasteiger partial charge < -0.3 is 14.7 Å². The van der Waals surface area contributed by atoms with Crippen LogP contribution in [0.25, 0.3) is 0 Å². The first-order chi connectivity index (χ1) is 13.6. The Hall–Kier alpha value is -2.84. The van der Waals surface area contributed by atoms with E-state index in [0.717, 1.165) is 32.7 Å². The van der Waals surface area contributed by atoms with Crippen molar-refractivity contribution in [2.24, 2.45) is 0 Å². The van der Waals surface area contributed by atoms with E-state index in [4.69, 9.17) is 6.42 Å². The van der Waals surface area contributed by atoms with Crippen molar-refractivity contribution in [1.82, 2.24) is 4.90 Å². The molecule has 3 rings (SSSR count). The van der Waals surface area contributed by atoms with E-state index in [0.29, 0.717) is 29.0 Å². The van der Waals surface area contributed by atoms with Crippen LogP contribution in [-0.2, 0) is 0 Å². The molecule has 0 radical (unpaired) electrons. The highest BCUT2D eigenvalue weighted by Crippen LogP contribution is 2.24. The normalized spacial score (nSPS) is 14.6. The van der Waals surface area contributed by atoms with E-state index in [-0.39, 0.29) is 11.7 Å². The summed E-state index contributed by atoms with van der Waals surface area (Å²) in [6.07, 6.45) is 5.46. The average molecular weight is 379 g/mol. The van der Waals surface area contributed by atoms with Crippen LogP contribution >= 0.6 is 0 Å². The predicted octanol–water partition coefficient (Wildman–Crippen LogP) is 3.62. The van der Waals surface area contributed by atoms with Crippen molar-refractivity contribution >= 4 is 17.3 Å². The Morgan fingerprint density at radius 1 is 1.14 bits per heavy atom. The predicted molar refractivity (Wildman–Crippen MR) is 112 cm³/mol. The summed E-state index contributed by atoms with van der Waals surface area (Å²) in [7, 11) is 0. The molecule has 1 aliphatic rings. The molecule has 1 heterocycles. The van der Waals surface area contributed by atoms with Gasteiger partial charge >= 0.3 is 0 Å². The highest BCUT2D eigenvalue weighted by Gasteiger charge is 2.21. The number of halogens is 1. The van der Waals surface area contributed by atoms with Gasteiger partial charge in [0, 0.05) is 49.5 Å². The van der Waals surface area contributed by atoms with Gasteiger partial charge in [-0.15, -0.1) is 6.42 Å². The second kappa shape index (κ2) is 8.90. The molecular weight excluding hydrogens is 353 g/mol. The molecule has 5 heteroatoms. The van der Waals surface area contributed by atoms with Gasteiger partial charge in [0.1, 0.15) is 5.82 Å². The number of rotatable bonds is 5. The number of terminal acetylenes is 1. The minimum absolute atomic E-state index is 0.238. The van der Waals surface area contributed by atoms with Crippen molar-refractivity contribution < 1.29 is 9.18 Å². The van der Waals surface area contributed by atoms with Crippen LogP contribution < -0.4 is 9.80 Å². The minimum atomic E-state index is -0.357. The molecular formula is C23H26FN3O. The van der Waals surface area contributed by atoms with Gasteiger partial charge in [-0.25, -0.2) is 4.39 Å². The molecule has 0 bridgehead atoms. The summed E-state index contributed by atoms with van der Waals surface area (Å²) in [5.74, 6) is 1.98. The van der Waals surface area contributed by atoms with Crippen molar-refractivity contribution in [2.45, 2.75) is 13.8 Å². The molecule has 1 saturated heterocycles. The molecule has 0 spiro atoms. The Kier molecular flexibility index (Phi) is 6.33. The average Bonchev–Trinajstić information content (AvgIpc) is 2.74. The quantitative estimate of drug-likeness (QED) is 0.743. The fourth-order valence-electron chi connectivity index (χ4n) is 3.56. The van der Waals surface area contributed by atoms with Crippen molar-refractivity contribution in [3.63, 3.8) is 0 Å². The summed E-state index contributed by atoms with van der Waals surface area (Å²) in [5.41, 5.74) is 2.31. The van der Waals surface area contributed by atoms with Gasteiger partial charge in [-0.2, -0.15) is 0 Å². The van der Waals surface area contributed by atoms with E-state index in [1.807, 2.05) is 30.0 Å². The molecule has 0 atom stereocenters. The maximum Gasteiger partial charge on any atom is 0.258 e. The molecule has 1 aliphatic heterocycles. The largest absolute Gasteiger partial charge is 0.367 e. The monoisotopic (exact) mass is 379 g/mol. The van der Waals surface area contributed by atoms with Crippen LogP contribution in [0.2, 0.25) is 0 Å². The lowest BCUT2D eigenvalue weighted by molar-refractivity contribution is 0.0988. The first kappa shape index (κ1) is 19.9. The van der Waals surface area contributed by atoms with E-state index < -0.39 is 0 Å². The van der Waals surface area contributed by atoms with Crippen LogP contribution in [0.4, 0.5) is 15.8 Å². The number of nitrogens with zero attached hydrogens (tertiary/aromatic N) is 3. The molecule has 0 saturated carbocycles. The summed E-state index contributed by atoms with van der Waals surface area (Å²) < 4.78 is 14.8. The van der Waals surface area contributed by atoms with E-state index >= 15 is 0 Å². The summed E-state index contributed by atoms with van der Waals surface area (Å²) >= 11 is 0. The molecule has 0 aliphatic carbocycles. The summed E-state index contributed by atoms with van der Waals surface area (Å²) in [4.78, 5) is 19.0. The Morgan fingerprint density at radius 2 is 1.89 bits per heavy atom. The molecule has 0 aromatic heterocycles. The number of likely N-dealkylation sites (N-methyl/N-ethyl adjacent to an activating group) is 1. The maximum absolute atomic E-state index is 14.8. The third kappa shape index (κ3) is 4.18. The van der Waals surface area contributed by atoms with Gasteiger partial charge in [0.2, 0.25) is 0 Å². The zero-order chi connectivity index (χ0) is 20.1. The van der Waals surface area contributed by atoms with Crippen LogP contribution in [0.3, 0.4) is 0 Å². The summed E-state index contributed by atoms with van der Waals surface area (Å²) in [6.45, 7) is 8.92. The van der Waals surface area contributed by atoms with Gasteiger partial charge in [0.25, 0.3) is 5.91 Å². The Morgan fingerprint density at radius 3 is 2.50 bits per heavy atom. The maximum atomic E-state index is 14.8. The minimum Gasteiger partial charge on any atom is -0.367 e. The first-order valence-corrected chi connectivity index (χ1v) is 9.72. The number of benzene rings is 2. The van der Waals surface area contributed by atoms with E-state index in [2.05, 4.69) is 17.7 Å². The van der Waals surface area contributed by atoms with Gasteiger partial charge in [0.15, 0.2) is 0 Å². The summed E-state index contributed by atoms with van der Waals surface area (Å²) in [6, 6.07) is 12.0. The number of piperazine rings is 1. The van der Waals surface area contributed by atoms with Gasteiger partial charge in [-0.1, -0.05) is 18.9 Å². The van der Waals surface area contributed by atoms with Crippen LogP contribution in [0.5, 0.6) is 0 Å². The smallest absolute Gasteiger partial charge is 0.258 e. The van der Waals surface area contributed by atoms with E-state index in [1.165, 1.54) is 6.07 Å². The summed E-state index contributed by atoms with van der Waals surface area (Å²) in [5, 5.41) is 0. The van der Waals surface area contributed by atoms with E-state index in [1.54, 1.807) is 23.1 Å². The number of hydrogen-bond acceptors (Lipinski definition) is 3. The van der Waals surface area contributed by atoms with Crippen LogP contribution in [-0.4, -0.2) is 50.1 Å². The highest BCUT2D eigenvalue weighted by atomic mass is 19.1. The number of carbonyl (C=O) groups is 1. The lowest BCUT2D eigenvalue weighted by Crippen LogP contribution is -2.46. The topological polar surface area (TPSA) is 26.8 Å². The van der Waals surface area contributed by atoms with Crippen molar-refractivity contribution in [3.8, 4) is 12.3 Å². The number of hydrogen-bond donors (Lipinski definition) is 0. The number of amides is 1. The van der Waals surface area contributed by atoms with Crippen LogP contribution in [0, 0.1) is 18.2 Å². The zero-order valence-corrected chi connectivity index (χ0v) is 16.5. The van der Waals surface area contributed by atoms with Crippen molar-refractivity contribution in [3.05, 3.63) is 59.4 Å². The lowest BCUT2D eigenvalue weighted by Gasteiger charge is -2.35. The second-order valence-electron chi connectivity index (χ2n) is 6.83. The Balaban J connectivity index is 1.80. The fraction of sp³-hybridized carbons (Fsp3) is 0.348. The standard InChI is InChI=1S/C23H26FN3O/c1-4-18-8-7-9-20(16-18)27(6-3)23(28)19-10-11-22(21(24)17-19)26-14-12-25(5-2)13-15-26/h1,7-11,16-17H,5-6,12-15H2,2-3H3. The zero-order valence-electron chi connectivity index (χ0n) is 16.5. The first-order valence-electron chi connectivity index (χ1n) is 9.72. The molecule has 2 aromatic rings. The molecule has 0 N–H and O–H groups in total. The van der Waals surface area contributed by atoms with Crippen molar-refractivity contribution in [1.29, 1.82) is 0 Å². The van der Waals surface area contributed by atoms with Crippen LogP contribution in [0.1, 0.15) is 29.8 Å². The Labute approximate surface area is 166 Å². The van der Waals surface area contributed by atoms with Gasteiger partial charge in [0.05, 0.1) is 5.69 Å². The highest BCUT2D eigenvalue weighted by molar-refractivity contribution is 6.06. The molecule has 146 valence electrons. The molecule has 4 nitrogen and oxygen atoms in total. The fourth-order valence-corrected chi connectivity index (χ4v) is 3.56. The number of anilines is 2. The Bertz CT molecular complexity index is 882. The molecule has 1 fully saturated rings. The van der Waals surface area contributed by atoms with Gasteiger partial charge in [-0.3, -0.25) is 4.79 Å². The molecule has 1 amide bonds. The molecule has 0 unspecified atom stereocenters. The second-order valence-corrected chi connectivity index (χ2v) is 6.83. The van der Waals surface area contributed by atoms with Crippen LogP contribution in [0.15, 0.2) is 42.5 Å². The van der Waals surface area contributed by atoms with Crippen molar-refractivity contribution in [2.75, 3.05) is 49.1 Å². The van der Waals surface area contributed by atoms with E-state index in [9.17, 15) is 9.18 Å². The third-order valence-electron chi connectivity index (χ3n) is 5.24. The lowest BCUT2D eigenvalue weighted by atomic mass is 10.1. The van der Waals surface area contributed by atoms with Gasteiger partial charge in [-0.05, 0) is 49.9 Å².